The average Bonchev–Trinajstić information content (AvgIpc) is 2.64. The molecule has 0 bridgehead atoms. The molecule has 0 fully saturated rings. The van der Waals surface area contributed by atoms with E-state index in [0.29, 0.717) is 15.9 Å². The van der Waals surface area contributed by atoms with E-state index < -0.39 is 10.0 Å². The molecule has 3 N–H and O–H groups in total. The van der Waals surface area contributed by atoms with Crippen molar-refractivity contribution in [2.24, 2.45) is 0 Å². The van der Waals surface area contributed by atoms with Gasteiger partial charge in [0.15, 0.2) is 10.7 Å². The van der Waals surface area contributed by atoms with E-state index in [9.17, 15) is 8.42 Å². The lowest BCUT2D eigenvalue weighted by molar-refractivity contribution is 0.390. The molecule has 2 aromatic rings. The number of benzene rings is 1. The van der Waals surface area contributed by atoms with Gasteiger partial charge in [-0.25, -0.2) is 8.42 Å². The van der Waals surface area contributed by atoms with E-state index in [1.54, 1.807) is 19.1 Å². The number of halogens is 2. The van der Waals surface area contributed by atoms with Crippen LogP contribution < -0.4 is 10.5 Å². The minimum absolute atomic E-state index is 0.0201. The fourth-order valence-electron chi connectivity index (χ4n) is 1.74. The van der Waals surface area contributed by atoms with Crippen molar-refractivity contribution in [3.8, 4) is 0 Å². The molecule has 0 aliphatic carbocycles. The lowest BCUT2D eigenvalue weighted by Gasteiger charge is -2.12. The number of aryl methyl sites for hydroxylation is 2. The summed E-state index contributed by atoms with van der Waals surface area (Å²) in [5.74, 6) is 0.224. The molecular weight excluding hydrogens is 414 g/mol. The van der Waals surface area contributed by atoms with E-state index >= 15 is 0 Å². The molecule has 0 saturated heterocycles. The molecule has 0 saturated carbocycles. The topological polar surface area (TPSA) is 98.2 Å². The smallest absolute Gasteiger partial charge is 0.267 e. The molecule has 0 radical (unpaired) electrons. The quantitative estimate of drug-likeness (QED) is 0.737. The molecule has 6 nitrogen and oxygen atoms in total. The maximum Gasteiger partial charge on any atom is 0.267 e. The second-order valence-electron chi connectivity index (χ2n) is 4.11. The normalized spacial score (nSPS) is 11.6. The van der Waals surface area contributed by atoms with Crippen LogP contribution in [0.3, 0.4) is 0 Å². The average molecular weight is 425 g/mol. The molecule has 0 unspecified atom stereocenters. The molecule has 0 atom stereocenters. The number of aromatic nitrogens is 1. The number of hydrogen-bond donors (Lipinski definition) is 2. The summed E-state index contributed by atoms with van der Waals surface area (Å²) >= 11 is 6.55. The lowest BCUT2D eigenvalue weighted by Crippen LogP contribution is -2.16. The standard InChI is InChI=1S/C11H11Br2N3O3S/c1-5-11(6(2)19-15-5)20(17,18)16-10-8(13)3-7(12)4-9(10)14/h3-4,16H,14H2,1-2H3. The summed E-state index contributed by atoms with van der Waals surface area (Å²) in [6, 6.07) is 3.30. The van der Waals surface area contributed by atoms with Gasteiger partial charge in [-0.3, -0.25) is 4.72 Å². The molecule has 0 aliphatic rings. The van der Waals surface area contributed by atoms with Crippen LogP contribution in [0.1, 0.15) is 11.5 Å². The summed E-state index contributed by atoms with van der Waals surface area (Å²) in [7, 11) is -3.82. The number of nitrogens with two attached hydrogens (primary N) is 1. The number of rotatable bonds is 3. The predicted octanol–water partition coefficient (Wildman–Crippen LogP) is 3.20. The first-order valence-corrected chi connectivity index (χ1v) is 8.49. The number of nitrogen functional groups attached to an aromatic ring is 1. The first-order valence-electron chi connectivity index (χ1n) is 5.42. The summed E-state index contributed by atoms with van der Waals surface area (Å²) in [6.45, 7) is 3.10. The van der Waals surface area contributed by atoms with E-state index in [4.69, 9.17) is 10.3 Å². The van der Waals surface area contributed by atoms with E-state index in [1.807, 2.05) is 0 Å². The number of nitrogens with one attached hydrogen (secondary N) is 1. The maximum absolute atomic E-state index is 12.4. The second-order valence-corrected chi connectivity index (χ2v) is 7.50. The zero-order valence-corrected chi connectivity index (χ0v) is 14.6. The van der Waals surface area contributed by atoms with Crippen LogP contribution in [0, 0.1) is 13.8 Å². The van der Waals surface area contributed by atoms with Crippen LogP contribution in [-0.4, -0.2) is 13.6 Å². The Kier molecular flexibility index (Phi) is 4.12. The third-order valence-corrected chi connectivity index (χ3v) is 5.23. The highest BCUT2D eigenvalue weighted by atomic mass is 79.9. The Bertz CT molecular complexity index is 729. The second kappa shape index (κ2) is 5.38. The zero-order valence-electron chi connectivity index (χ0n) is 10.6. The monoisotopic (exact) mass is 423 g/mol. The molecule has 9 heteroatoms. The van der Waals surface area contributed by atoms with Crippen LogP contribution in [-0.2, 0) is 10.0 Å². The van der Waals surface area contributed by atoms with Gasteiger partial charge in [0.2, 0.25) is 0 Å². The number of hydrogen-bond acceptors (Lipinski definition) is 5. The minimum atomic E-state index is -3.82. The minimum Gasteiger partial charge on any atom is -0.397 e. The van der Waals surface area contributed by atoms with Crippen LogP contribution in [0.15, 0.2) is 30.5 Å². The third kappa shape index (κ3) is 2.84. The van der Waals surface area contributed by atoms with Gasteiger partial charge in [0.25, 0.3) is 10.0 Å². The first kappa shape index (κ1) is 15.3. The molecule has 0 amide bonds. The van der Waals surface area contributed by atoms with Gasteiger partial charge < -0.3 is 10.3 Å². The Morgan fingerprint density at radius 2 is 1.95 bits per heavy atom. The molecule has 1 aromatic heterocycles. The van der Waals surface area contributed by atoms with Crippen molar-refractivity contribution >= 4 is 53.3 Å². The van der Waals surface area contributed by atoms with Crippen molar-refractivity contribution in [2.75, 3.05) is 10.5 Å². The van der Waals surface area contributed by atoms with Crippen molar-refractivity contribution in [1.82, 2.24) is 5.16 Å². The van der Waals surface area contributed by atoms with E-state index in [0.717, 1.165) is 4.47 Å². The summed E-state index contributed by atoms with van der Waals surface area (Å²) in [5, 5.41) is 3.64. The Labute approximate surface area is 133 Å². The van der Waals surface area contributed by atoms with Gasteiger partial charge in [0.1, 0.15) is 5.69 Å². The Morgan fingerprint density at radius 3 is 2.45 bits per heavy atom. The van der Waals surface area contributed by atoms with Gasteiger partial charge >= 0.3 is 0 Å². The van der Waals surface area contributed by atoms with Crippen LogP contribution in [0.25, 0.3) is 0 Å². The van der Waals surface area contributed by atoms with Gasteiger partial charge in [-0.05, 0) is 41.9 Å². The number of anilines is 2. The fourth-order valence-corrected chi connectivity index (χ4v) is 4.67. The largest absolute Gasteiger partial charge is 0.397 e. The predicted molar refractivity (Wildman–Crippen MR) is 83.0 cm³/mol. The van der Waals surface area contributed by atoms with Crippen LogP contribution in [0.5, 0.6) is 0 Å². The van der Waals surface area contributed by atoms with Crippen molar-refractivity contribution in [1.29, 1.82) is 0 Å². The Balaban J connectivity index is 2.50. The van der Waals surface area contributed by atoms with Gasteiger partial charge in [-0.2, -0.15) is 0 Å². The molecule has 2 rings (SSSR count). The first-order chi connectivity index (χ1) is 9.22. The SMILES string of the molecule is Cc1noc(C)c1S(=O)(=O)Nc1c(N)cc(Br)cc1Br. The Morgan fingerprint density at radius 1 is 1.30 bits per heavy atom. The summed E-state index contributed by atoms with van der Waals surface area (Å²) in [6.07, 6.45) is 0. The molecule has 20 heavy (non-hydrogen) atoms. The van der Waals surface area contributed by atoms with Crippen LogP contribution in [0.4, 0.5) is 11.4 Å². The number of sulfonamides is 1. The van der Waals surface area contributed by atoms with Gasteiger partial charge in [-0.1, -0.05) is 21.1 Å². The van der Waals surface area contributed by atoms with E-state index in [1.165, 1.54) is 6.92 Å². The van der Waals surface area contributed by atoms with Crippen molar-refractivity contribution in [3.63, 3.8) is 0 Å². The fraction of sp³-hybridized carbons (Fsp3) is 0.182. The van der Waals surface area contributed by atoms with Crippen LogP contribution >= 0.6 is 31.9 Å². The lowest BCUT2D eigenvalue weighted by atomic mass is 10.3. The highest BCUT2D eigenvalue weighted by molar-refractivity contribution is 9.11. The molecule has 0 aliphatic heterocycles. The zero-order chi connectivity index (χ0) is 15.1. The summed E-state index contributed by atoms with van der Waals surface area (Å²) in [5.41, 5.74) is 6.69. The van der Waals surface area contributed by atoms with E-state index in [-0.39, 0.29) is 16.3 Å². The number of nitrogens with zero attached hydrogens (tertiary/aromatic N) is 1. The van der Waals surface area contributed by atoms with E-state index in [2.05, 4.69) is 41.7 Å². The summed E-state index contributed by atoms with van der Waals surface area (Å²) in [4.78, 5) is 0.0201. The third-order valence-electron chi connectivity index (χ3n) is 2.56. The molecule has 0 spiro atoms. The highest BCUT2D eigenvalue weighted by Gasteiger charge is 2.25. The van der Waals surface area contributed by atoms with Gasteiger partial charge in [0, 0.05) is 8.95 Å². The summed E-state index contributed by atoms with van der Waals surface area (Å²) < 4.78 is 33.4. The molecule has 1 heterocycles. The molecule has 1 aromatic carbocycles. The van der Waals surface area contributed by atoms with Crippen molar-refractivity contribution in [3.05, 3.63) is 32.5 Å². The Hall–Kier alpha value is -1.06. The van der Waals surface area contributed by atoms with Crippen LogP contribution in [0.2, 0.25) is 0 Å². The highest BCUT2D eigenvalue weighted by Crippen LogP contribution is 2.34. The van der Waals surface area contributed by atoms with Gasteiger partial charge in [-0.15, -0.1) is 0 Å². The van der Waals surface area contributed by atoms with Crippen molar-refractivity contribution < 1.29 is 12.9 Å². The molecular formula is C11H11Br2N3O3S. The van der Waals surface area contributed by atoms with Gasteiger partial charge in [0.05, 0.1) is 11.4 Å². The molecule has 108 valence electrons. The maximum atomic E-state index is 12.4. The van der Waals surface area contributed by atoms with Crippen molar-refractivity contribution in [2.45, 2.75) is 18.7 Å².